The summed E-state index contributed by atoms with van der Waals surface area (Å²) in [4.78, 5) is 14.2. The van der Waals surface area contributed by atoms with Crippen LogP contribution in [0.5, 0.6) is 0 Å². The van der Waals surface area contributed by atoms with E-state index in [4.69, 9.17) is 23.2 Å². The van der Waals surface area contributed by atoms with E-state index in [1.165, 1.54) is 0 Å². The molecule has 2 nitrogen and oxygen atoms in total. The zero-order chi connectivity index (χ0) is 12.4. The first-order valence-electron chi connectivity index (χ1n) is 5.46. The molecule has 92 valence electrons. The maximum absolute atomic E-state index is 12.4. The third kappa shape index (κ3) is 2.61. The average molecular weight is 337 g/mol. The molecular formula is C12H12BrCl2NO. The molecule has 1 saturated heterocycles. The van der Waals surface area contributed by atoms with Gasteiger partial charge in [-0.2, -0.15) is 0 Å². The molecule has 0 aromatic heterocycles. The number of hydrogen-bond donors (Lipinski definition) is 0. The molecule has 1 atom stereocenters. The van der Waals surface area contributed by atoms with Gasteiger partial charge in [-0.3, -0.25) is 4.79 Å². The normalized spacial score (nSPS) is 19.7. The summed E-state index contributed by atoms with van der Waals surface area (Å²) in [6, 6.07) is 5.42. The van der Waals surface area contributed by atoms with Gasteiger partial charge in [-0.25, -0.2) is 0 Å². The third-order valence-corrected chi connectivity index (χ3v) is 4.56. The van der Waals surface area contributed by atoms with Gasteiger partial charge in [0.2, 0.25) is 0 Å². The Labute approximate surface area is 119 Å². The van der Waals surface area contributed by atoms with Crippen LogP contribution < -0.4 is 0 Å². The fraction of sp³-hybridized carbons (Fsp3) is 0.417. The van der Waals surface area contributed by atoms with Crippen LogP contribution in [0, 0.1) is 0 Å². The molecule has 1 unspecified atom stereocenters. The van der Waals surface area contributed by atoms with Crippen molar-refractivity contribution in [2.45, 2.75) is 18.9 Å². The van der Waals surface area contributed by atoms with Crippen molar-refractivity contribution < 1.29 is 4.79 Å². The van der Waals surface area contributed by atoms with Crippen molar-refractivity contribution in [3.05, 3.63) is 33.8 Å². The minimum atomic E-state index is -0.0283. The Hall–Kier alpha value is -0.250. The number of benzene rings is 1. The van der Waals surface area contributed by atoms with E-state index < -0.39 is 0 Å². The molecule has 1 aromatic rings. The summed E-state index contributed by atoms with van der Waals surface area (Å²) in [5.74, 6) is -0.0283. The third-order valence-electron chi connectivity index (χ3n) is 3.00. The molecular weight excluding hydrogens is 325 g/mol. The molecule has 1 aromatic carbocycles. The molecule has 0 N–H and O–H groups in total. The molecule has 5 heteroatoms. The number of alkyl halides is 1. The summed E-state index contributed by atoms with van der Waals surface area (Å²) < 4.78 is 0. The number of carbonyl (C=O) groups is 1. The summed E-state index contributed by atoms with van der Waals surface area (Å²) >= 11 is 15.4. The van der Waals surface area contributed by atoms with Crippen LogP contribution in [0.2, 0.25) is 10.0 Å². The predicted molar refractivity (Wildman–Crippen MR) is 74.3 cm³/mol. The molecule has 0 radical (unpaired) electrons. The van der Waals surface area contributed by atoms with E-state index in [1.54, 1.807) is 18.2 Å². The molecule has 1 aliphatic rings. The molecule has 1 amide bonds. The Morgan fingerprint density at radius 2 is 2.24 bits per heavy atom. The van der Waals surface area contributed by atoms with Crippen molar-refractivity contribution in [1.82, 2.24) is 4.90 Å². The highest BCUT2D eigenvalue weighted by molar-refractivity contribution is 9.09. The number of carbonyl (C=O) groups excluding carboxylic acids is 1. The van der Waals surface area contributed by atoms with Gasteiger partial charge >= 0.3 is 0 Å². The van der Waals surface area contributed by atoms with Gasteiger partial charge in [-0.1, -0.05) is 45.2 Å². The van der Waals surface area contributed by atoms with Crippen LogP contribution in [-0.4, -0.2) is 28.7 Å². The first kappa shape index (κ1) is 13.2. The summed E-state index contributed by atoms with van der Waals surface area (Å²) in [5, 5.41) is 1.57. The van der Waals surface area contributed by atoms with Crippen molar-refractivity contribution in [2.24, 2.45) is 0 Å². The highest BCUT2D eigenvalue weighted by atomic mass is 79.9. The van der Waals surface area contributed by atoms with Crippen LogP contribution in [0.15, 0.2) is 18.2 Å². The van der Waals surface area contributed by atoms with Gasteiger partial charge in [0.05, 0.1) is 15.6 Å². The maximum Gasteiger partial charge on any atom is 0.255 e. The number of amides is 1. The van der Waals surface area contributed by atoms with Gasteiger partial charge in [-0.15, -0.1) is 0 Å². The lowest BCUT2D eigenvalue weighted by atomic mass is 10.2. The Bertz CT molecular complexity index is 439. The average Bonchev–Trinajstić information content (AvgIpc) is 2.80. The maximum atomic E-state index is 12.4. The Balaban J connectivity index is 2.28. The van der Waals surface area contributed by atoms with E-state index in [-0.39, 0.29) is 11.9 Å². The topological polar surface area (TPSA) is 20.3 Å². The Morgan fingerprint density at radius 1 is 1.47 bits per heavy atom. The summed E-state index contributed by atoms with van der Waals surface area (Å²) in [5.41, 5.74) is 0.493. The Kier molecular flexibility index (Phi) is 4.34. The fourth-order valence-corrected chi connectivity index (χ4v) is 3.14. The van der Waals surface area contributed by atoms with Crippen LogP contribution in [0.3, 0.4) is 0 Å². The number of nitrogens with zero attached hydrogens (tertiary/aromatic N) is 1. The van der Waals surface area contributed by atoms with Gasteiger partial charge in [0.15, 0.2) is 0 Å². The lowest BCUT2D eigenvalue weighted by Crippen LogP contribution is -2.36. The van der Waals surface area contributed by atoms with Crippen LogP contribution in [-0.2, 0) is 0 Å². The molecule has 0 bridgehead atoms. The second-order valence-electron chi connectivity index (χ2n) is 4.05. The first-order valence-corrected chi connectivity index (χ1v) is 7.34. The second kappa shape index (κ2) is 5.59. The molecule has 1 heterocycles. The predicted octanol–water partition coefficient (Wildman–Crippen LogP) is 3.99. The van der Waals surface area contributed by atoms with Crippen LogP contribution >= 0.6 is 39.1 Å². The molecule has 2 rings (SSSR count). The first-order chi connectivity index (χ1) is 8.15. The van der Waals surface area contributed by atoms with E-state index >= 15 is 0 Å². The zero-order valence-corrected chi connectivity index (χ0v) is 12.2. The van der Waals surface area contributed by atoms with Gasteiger partial charge < -0.3 is 4.90 Å². The lowest BCUT2D eigenvalue weighted by Gasteiger charge is -2.23. The second-order valence-corrected chi connectivity index (χ2v) is 5.48. The monoisotopic (exact) mass is 335 g/mol. The largest absolute Gasteiger partial charge is 0.335 e. The molecule has 0 saturated carbocycles. The van der Waals surface area contributed by atoms with E-state index in [1.807, 2.05) is 4.90 Å². The van der Waals surface area contributed by atoms with Crippen molar-refractivity contribution >= 4 is 45.0 Å². The number of likely N-dealkylation sites (tertiary alicyclic amines) is 1. The zero-order valence-electron chi connectivity index (χ0n) is 9.13. The molecule has 0 spiro atoms. The van der Waals surface area contributed by atoms with Crippen LogP contribution in [0.4, 0.5) is 0 Å². The van der Waals surface area contributed by atoms with E-state index in [0.717, 1.165) is 24.7 Å². The summed E-state index contributed by atoms with van der Waals surface area (Å²) in [6.07, 6.45) is 2.08. The lowest BCUT2D eigenvalue weighted by molar-refractivity contribution is 0.0750. The summed E-state index contributed by atoms with van der Waals surface area (Å²) in [7, 11) is 0. The van der Waals surface area contributed by atoms with E-state index in [2.05, 4.69) is 15.9 Å². The standard InChI is InChI=1S/C12H12BrCl2NO/c13-7-8-3-2-6-16(8)12(17)9-4-1-5-10(14)11(9)15/h1,4-5,8H,2-3,6-7H2. The van der Waals surface area contributed by atoms with Gasteiger partial charge in [-0.05, 0) is 25.0 Å². The molecule has 1 aliphatic heterocycles. The Morgan fingerprint density at radius 3 is 2.94 bits per heavy atom. The fourth-order valence-electron chi connectivity index (χ4n) is 2.09. The van der Waals surface area contributed by atoms with Crippen molar-refractivity contribution in [3.63, 3.8) is 0 Å². The smallest absolute Gasteiger partial charge is 0.255 e. The highest BCUT2D eigenvalue weighted by Gasteiger charge is 2.29. The minimum absolute atomic E-state index is 0.0283. The quantitative estimate of drug-likeness (QED) is 0.748. The summed E-state index contributed by atoms with van der Waals surface area (Å²) in [6.45, 7) is 0.790. The number of halogens is 3. The molecule has 1 fully saturated rings. The van der Waals surface area contributed by atoms with Crippen molar-refractivity contribution in [2.75, 3.05) is 11.9 Å². The van der Waals surface area contributed by atoms with E-state index in [0.29, 0.717) is 15.6 Å². The van der Waals surface area contributed by atoms with Gasteiger partial charge in [0, 0.05) is 17.9 Å². The van der Waals surface area contributed by atoms with Crippen LogP contribution in [0.25, 0.3) is 0 Å². The molecule has 17 heavy (non-hydrogen) atoms. The van der Waals surface area contributed by atoms with Gasteiger partial charge in [0.25, 0.3) is 5.91 Å². The van der Waals surface area contributed by atoms with Gasteiger partial charge in [0.1, 0.15) is 0 Å². The van der Waals surface area contributed by atoms with Crippen molar-refractivity contribution in [3.8, 4) is 0 Å². The highest BCUT2D eigenvalue weighted by Crippen LogP contribution is 2.29. The van der Waals surface area contributed by atoms with E-state index in [9.17, 15) is 4.79 Å². The SMILES string of the molecule is O=C(c1cccc(Cl)c1Cl)N1CCCC1CBr. The van der Waals surface area contributed by atoms with Crippen molar-refractivity contribution in [1.29, 1.82) is 0 Å². The minimum Gasteiger partial charge on any atom is -0.335 e. The number of hydrogen-bond acceptors (Lipinski definition) is 1. The molecule has 0 aliphatic carbocycles. The number of rotatable bonds is 2. The van der Waals surface area contributed by atoms with Crippen LogP contribution in [0.1, 0.15) is 23.2 Å².